The maximum atomic E-state index is 10.8. The molecule has 0 amide bonds. The lowest BCUT2D eigenvalue weighted by molar-refractivity contribution is 0.0893. The van der Waals surface area contributed by atoms with Gasteiger partial charge in [0, 0.05) is 11.8 Å². The molecule has 4 nitrogen and oxygen atoms in total. The van der Waals surface area contributed by atoms with E-state index in [4.69, 9.17) is 5.11 Å². The molecular formula is C9H19NO3S. The molecule has 0 radical (unpaired) electrons. The van der Waals surface area contributed by atoms with E-state index in [0.29, 0.717) is 13.0 Å². The number of aliphatic hydroxyl groups excluding tert-OH is 1. The predicted octanol–water partition coefficient (Wildman–Crippen LogP) is -0.0743. The Balaban J connectivity index is 2.15. The van der Waals surface area contributed by atoms with Crippen LogP contribution in [0.3, 0.4) is 0 Å². The number of hydrogen-bond acceptors (Lipinski definition) is 4. The van der Waals surface area contributed by atoms with Crippen LogP contribution in [0.15, 0.2) is 0 Å². The standard InChI is InChI=1S/C9H19NO3S/c1-14(12,13)7-3-6-10-9(8-11)4-2-5-9/h10-11H,2-8H2,1H3. The first-order valence-electron chi connectivity index (χ1n) is 5.01. The van der Waals surface area contributed by atoms with Gasteiger partial charge < -0.3 is 10.4 Å². The minimum atomic E-state index is -2.84. The number of hydrogen-bond donors (Lipinski definition) is 2. The molecule has 0 heterocycles. The van der Waals surface area contributed by atoms with Gasteiger partial charge in [-0.05, 0) is 32.2 Å². The van der Waals surface area contributed by atoms with Crippen LogP contribution in [-0.2, 0) is 9.84 Å². The zero-order chi connectivity index (χ0) is 10.7. The van der Waals surface area contributed by atoms with Gasteiger partial charge in [-0.3, -0.25) is 0 Å². The number of nitrogens with one attached hydrogen (secondary N) is 1. The second kappa shape index (κ2) is 4.59. The van der Waals surface area contributed by atoms with E-state index in [1.54, 1.807) is 0 Å². The van der Waals surface area contributed by atoms with E-state index in [1.165, 1.54) is 6.26 Å². The van der Waals surface area contributed by atoms with Crippen molar-refractivity contribution in [3.05, 3.63) is 0 Å². The van der Waals surface area contributed by atoms with Crippen molar-refractivity contribution in [3.8, 4) is 0 Å². The Morgan fingerprint density at radius 3 is 2.43 bits per heavy atom. The fourth-order valence-electron chi connectivity index (χ4n) is 1.68. The second-order valence-electron chi connectivity index (χ2n) is 4.20. The quantitative estimate of drug-likeness (QED) is 0.616. The molecule has 0 aliphatic heterocycles. The number of rotatable bonds is 6. The third kappa shape index (κ3) is 3.55. The van der Waals surface area contributed by atoms with E-state index < -0.39 is 9.84 Å². The summed E-state index contributed by atoms with van der Waals surface area (Å²) in [4.78, 5) is 0. The van der Waals surface area contributed by atoms with Gasteiger partial charge in [0.15, 0.2) is 0 Å². The third-order valence-corrected chi connectivity index (χ3v) is 3.84. The number of aliphatic hydroxyl groups is 1. The molecule has 5 heteroatoms. The average Bonchev–Trinajstić information content (AvgIpc) is 2.00. The van der Waals surface area contributed by atoms with Crippen LogP contribution in [0.5, 0.6) is 0 Å². The molecule has 0 saturated heterocycles. The molecule has 0 aromatic rings. The topological polar surface area (TPSA) is 66.4 Å². The largest absolute Gasteiger partial charge is 0.394 e. The summed E-state index contributed by atoms with van der Waals surface area (Å²) < 4.78 is 21.7. The molecule has 0 bridgehead atoms. The van der Waals surface area contributed by atoms with Gasteiger partial charge in [0.25, 0.3) is 0 Å². The Hall–Kier alpha value is -0.130. The van der Waals surface area contributed by atoms with Crippen LogP contribution in [0.1, 0.15) is 25.7 Å². The highest BCUT2D eigenvalue weighted by Crippen LogP contribution is 2.30. The Bertz CT molecular complexity index is 264. The fourth-order valence-corrected chi connectivity index (χ4v) is 2.35. The first kappa shape index (κ1) is 11.9. The first-order valence-corrected chi connectivity index (χ1v) is 7.07. The van der Waals surface area contributed by atoms with Crippen molar-refractivity contribution in [2.45, 2.75) is 31.2 Å². The zero-order valence-corrected chi connectivity index (χ0v) is 9.44. The normalized spacial score (nSPS) is 20.4. The van der Waals surface area contributed by atoms with E-state index in [1.807, 2.05) is 0 Å². The van der Waals surface area contributed by atoms with Crippen molar-refractivity contribution in [2.24, 2.45) is 0 Å². The number of sulfone groups is 1. The Morgan fingerprint density at radius 2 is 2.07 bits per heavy atom. The molecule has 1 aliphatic carbocycles. The Morgan fingerprint density at radius 1 is 1.43 bits per heavy atom. The molecule has 0 aromatic carbocycles. The summed E-state index contributed by atoms with van der Waals surface area (Å²) in [6.45, 7) is 0.833. The van der Waals surface area contributed by atoms with Gasteiger partial charge in [-0.2, -0.15) is 0 Å². The highest BCUT2D eigenvalue weighted by Gasteiger charge is 2.35. The molecule has 1 fully saturated rings. The van der Waals surface area contributed by atoms with Crippen LogP contribution in [-0.4, -0.2) is 44.2 Å². The maximum Gasteiger partial charge on any atom is 0.147 e. The average molecular weight is 221 g/mol. The van der Waals surface area contributed by atoms with Gasteiger partial charge in [0.1, 0.15) is 9.84 Å². The summed E-state index contributed by atoms with van der Waals surface area (Å²) >= 11 is 0. The maximum absolute atomic E-state index is 10.8. The highest BCUT2D eigenvalue weighted by molar-refractivity contribution is 7.90. The van der Waals surface area contributed by atoms with Gasteiger partial charge >= 0.3 is 0 Å². The molecule has 1 saturated carbocycles. The van der Waals surface area contributed by atoms with E-state index in [0.717, 1.165) is 19.3 Å². The van der Waals surface area contributed by atoms with Crippen molar-refractivity contribution in [1.29, 1.82) is 0 Å². The van der Waals surface area contributed by atoms with Crippen molar-refractivity contribution in [2.75, 3.05) is 25.2 Å². The zero-order valence-electron chi connectivity index (χ0n) is 8.62. The van der Waals surface area contributed by atoms with Crippen molar-refractivity contribution in [3.63, 3.8) is 0 Å². The summed E-state index contributed by atoms with van der Waals surface area (Å²) in [5.74, 6) is 0.224. The monoisotopic (exact) mass is 221 g/mol. The van der Waals surface area contributed by atoms with E-state index in [9.17, 15) is 8.42 Å². The van der Waals surface area contributed by atoms with E-state index in [2.05, 4.69) is 5.32 Å². The lowest BCUT2D eigenvalue weighted by atomic mass is 9.77. The van der Waals surface area contributed by atoms with Gasteiger partial charge in [0.2, 0.25) is 0 Å². The molecule has 14 heavy (non-hydrogen) atoms. The highest BCUT2D eigenvalue weighted by atomic mass is 32.2. The summed E-state index contributed by atoms with van der Waals surface area (Å²) in [5.41, 5.74) is -0.0997. The van der Waals surface area contributed by atoms with Crippen LogP contribution in [0, 0.1) is 0 Å². The van der Waals surface area contributed by atoms with E-state index >= 15 is 0 Å². The van der Waals surface area contributed by atoms with Crippen LogP contribution < -0.4 is 5.32 Å². The van der Waals surface area contributed by atoms with Crippen LogP contribution in [0.2, 0.25) is 0 Å². The lowest BCUT2D eigenvalue weighted by Crippen LogP contribution is -2.54. The van der Waals surface area contributed by atoms with Gasteiger partial charge in [-0.1, -0.05) is 0 Å². The molecule has 84 valence electrons. The van der Waals surface area contributed by atoms with Crippen molar-refractivity contribution >= 4 is 9.84 Å². The van der Waals surface area contributed by atoms with Gasteiger partial charge in [-0.15, -0.1) is 0 Å². The van der Waals surface area contributed by atoms with Crippen LogP contribution in [0.4, 0.5) is 0 Å². The fraction of sp³-hybridized carbons (Fsp3) is 1.00. The summed E-state index contributed by atoms with van der Waals surface area (Å²) in [5, 5.41) is 12.4. The van der Waals surface area contributed by atoms with Crippen molar-refractivity contribution < 1.29 is 13.5 Å². The Labute approximate surface area is 85.6 Å². The molecule has 1 rings (SSSR count). The van der Waals surface area contributed by atoms with E-state index in [-0.39, 0.29) is 17.9 Å². The molecule has 1 aliphatic rings. The molecule has 2 N–H and O–H groups in total. The predicted molar refractivity (Wildman–Crippen MR) is 56.0 cm³/mol. The Kier molecular flexibility index (Phi) is 3.92. The van der Waals surface area contributed by atoms with Gasteiger partial charge in [-0.25, -0.2) is 8.42 Å². The van der Waals surface area contributed by atoms with Crippen molar-refractivity contribution in [1.82, 2.24) is 5.32 Å². The molecule has 0 unspecified atom stereocenters. The van der Waals surface area contributed by atoms with Gasteiger partial charge in [0.05, 0.1) is 12.4 Å². The minimum Gasteiger partial charge on any atom is -0.394 e. The molecule has 0 spiro atoms. The minimum absolute atomic E-state index is 0.0997. The summed E-state index contributed by atoms with van der Waals surface area (Å²) in [6.07, 6.45) is 5.03. The SMILES string of the molecule is CS(=O)(=O)CCCNC1(CO)CCC1. The lowest BCUT2D eigenvalue weighted by Gasteiger charge is -2.41. The molecular weight excluding hydrogens is 202 g/mol. The second-order valence-corrected chi connectivity index (χ2v) is 6.46. The smallest absolute Gasteiger partial charge is 0.147 e. The molecule has 0 atom stereocenters. The molecule has 0 aromatic heterocycles. The first-order chi connectivity index (χ1) is 6.47. The third-order valence-electron chi connectivity index (χ3n) is 2.81. The summed E-state index contributed by atoms with van der Waals surface area (Å²) in [7, 11) is -2.84. The van der Waals surface area contributed by atoms with Crippen LogP contribution in [0.25, 0.3) is 0 Å². The summed E-state index contributed by atoms with van der Waals surface area (Å²) in [6, 6.07) is 0. The van der Waals surface area contributed by atoms with Crippen LogP contribution >= 0.6 is 0 Å².